The Hall–Kier alpha value is -2.63. The fourth-order valence-electron chi connectivity index (χ4n) is 2.66. The Morgan fingerprint density at radius 2 is 2.10 bits per heavy atom. The van der Waals surface area contributed by atoms with Crippen LogP contribution in [-0.4, -0.2) is 16.8 Å². The molecule has 1 fully saturated rings. The summed E-state index contributed by atoms with van der Waals surface area (Å²) in [6.07, 6.45) is 3.78. The fourth-order valence-corrected chi connectivity index (χ4v) is 2.66. The average molecular weight is 270 g/mol. The van der Waals surface area contributed by atoms with Crippen molar-refractivity contribution in [3.05, 3.63) is 30.4 Å². The quantitative estimate of drug-likeness (QED) is 0.684. The molecular weight excluding hydrogens is 260 g/mol. The van der Waals surface area contributed by atoms with E-state index in [9.17, 15) is 9.59 Å². The summed E-state index contributed by atoms with van der Waals surface area (Å²) in [4.78, 5) is 27.2. The third-order valence-corrected chi connectivity index (χ3v) is 3.67. The lowest BCUT2D eigenvalue weighted by Gasteiger charge is -2.19. The van der Waals surface area contributed by atoms with Gasteiger partial charge in [0.2, 0.25) is 11.8 Å². The molecule has 6 nitrogen and oxygen atoms in total. The smallest absolute Gasteiger partial charge is 0.234 e. The Labute approximate surface area is 112 Å². The molecule has 4 rings (SSSR count). The van der Waals surface area contributed by atoms with E-state index >= 15 is 0 Å². The van der Waals surface area contributed by atoms with E-state index in [0.717, 1.165) is 10.9 Å². The molecular formula is C14H10N2O4. The summed E-state index contributed by atoms with van der Waals surface area (Å²) in [5.41, 5.74) is 2.79. The summed E-state index contributed by atoms with van der Waals surface area (Å²) in [6, 6.07) is 3.60. The highest BCUT2D eigenvalue weighted by molar-refractivity contribution is 6.03. The van der Waals surface area contributed by atoms with E-state index in [2.05, 4.69) is 10.3 Å². The summed E-state index contributed by atoms with van der Waals surface area (Å²) < 4.78 is 10.8. The van der Waals surface area contributed by atoms with Gasteiger partial charge in [-0.15, -0.1) is 0 Å². The van der Waals surface area contributed by atoms with Crippen molar-refractivity contribution in [2.24, 2.45) is 0 Å². The second kappa shape index (κ2) is 3.93. The molecule has 1 aromatic carbocycles. The number of nitrogens with one attached hydrogen (secondary N) is 1. The predicted octanol–water partition coefficient (Wildman–Crippen LogP) is 2.09. The molecule has 0 saturated carbocycles. The van der Waals surface area contributed by atoms with Crippen molar-refractivity contribution < 1.29 is 18.4 Å². The van der Waals surface area contributed by atoms with Gasteiger partial charge in [0.1, 0.15) is 11.1 Å². The van der Waals surface area contributed by atoms with Crippen LogP contribution in [0.5, 0.6) is 0 Å². The number of aromatic nitrogens is 1. The maximum absolute atomic E-state index is 12.0. The minimum Gasteiger partial charge on any atom is -0.464 e. The van der Waals surface area contributed by atoms with Gasteiger partial charge in [-0.2, -0.15) is 0 Å². The summed E-state index contributed by atoms with van der Waals surface area (Å²) in [7, 11) is 0. The van der Waals surface area contributed by atoms with Gasteiger partial charge in [0, 0.05) is 23.4 Å². The predicted molar refractivity (Wildman–Crippen MR) is 68.9 cm³/mol. The van der Waals surface area contributed by atoms with Crippen molar-refractivity contribution in [3.8, 4) is 0 Å². The third kappa shape index (κ3) is 1.54. The SMILES string of the molecule is O=C1CC[C@H](c2coc3cc4ncoc4cc23)C(=O)N1. The zero-order valence-corrected chi connectivity index (χ0v) is 10.4. The van der Waals surface area contributed by atoms with Gasteiger partial charge in [0.25, 0.3) is 0 Å². The first-order valence-corrected chi connectivity index (χ1v) is 6.30. The molecule has 1 atom stereocenters. The molecule has 0 aliphatic carbocycles. The van der Waals surface area contributed by atoms with Crippen LogP contribution in [0.2, 0.25) is 0 Å². The van der Waals surface area contributed by atoms with Gasteiger partial charge < -0.3 is 8.83 Å². The molecule has 2 amide bonds. The van der Waals surface area contributed by atoms with Crippen molar-refractivity contribution >= 4 is 33.9 Å². The molecule has 6 heteroatoms. The molecule has 3 aromatic rings. The van der Waals surface area contributed by atoms with Crippen molar-refractivity contribution in [3.63, 3.8) is 0 Å². The molecule has 0 bridgehead atoms. The fraction of sp³-hybridized carbons (Fsp3) is 0.214. The highest BCUT2D eigenvalue weighted by Crippen LogP contribution is 2.34. The Bertz CT molecular complexity index is 845. The van der Waals surface area contributed by atoms with Gasteiger partial charge in [-0.25, -0.2) is 4.98 Å². The third-order valence-electron chi connectivity index (χ3n) is 3.67. The van der Waals surface area contributed by atoms with E-state index in [0.29, 0.717) is 29.5 Å². The van der Waals surface area contributed by atoms with E-state index in [1.165, 1.54) is 6.39 Å². The van der Waals surface area contributed by atoms with Crippen molar-refractivity contribution in [1.29, 1.82) is 0 Å². The van der Waals surface area contributed by atoms with E-state index in [1.807, 2.05) is 6.07 Å². The normalized spacial score (nSPS) is 19.7. The topological polar surface area (TPSA) is 85.3 Å². The van der Waals surface area contributed by atoms with Crippen molar-refractivity contribution in [1.82, 2.24) is 10.3 Å². The minimum atomic E-state index is -0.366. The Balaban J connectivity index is 1.86. The molecule has 1 aliphatic rings. The second-order valence-electron chi connectivity index (χ2n) is 4.86. The van der Waals surface area contributed by atoms with Crippen LogP contribution in [-0.2, 0) is 9.59 Å². The number of rotatable bonds is 1. The molecule has 0 radical (unpaired) electrons. The lowest BCUT2D eigenvalue weighted by atomic mass is 9.90. The first kappa shape index (κ1) is 11.2. The molecule has 3 heterocycles. The molecule has 1 saturated heterocycles. The number of hydrogen-bond acceptors (Lipinski definition) is 5. The summed E-state index contributed by atoms with van der Waals surface area (Å²) in [5.74, 6) is -0.868. The van der Waals surface area contributed by atoms with E-state index in [-0.39, 0.29) is 17.7 Å². The minimum absolute atomic E-state index is 0.225. The number of carbonyl (C=O) groups is 2. The van der Waals surface area contributed by atoms with Crippen LogP contribution in [0.4, 0.5) is 0 Å². The Morgan fingerprint density at radius 3 is 2.95 bits per heavy atom. The van der Waals surface area contributed by atoms with Gasteiger partial charge in [-0.1, -0.05) is 0 Å². The Morgan fingerprint density at radius 1 is 1.20 bits per heavy atom. The summed E-state index contributed by atoms with van der Waals surface area (Å²) in [5, 5.41) is 3.18. The van der Waals surface area contributed by atoms with Crippen LogP contribution in [0.3, 0.4) is 0 Å². The van der Waals surface area contributed by atoms with Crippen LogP contribution in [0, 0.1) is 0 Å². The number of furan rings is 1. The maximum atomic E-state index is 12.0. The van der Waals surface area contributed by atoms with Crippen LogP contribution in [0.1, 0.15) is 24.3 Å². The summed E-state index contributed by atoms with van der Waals surface area (Å²) in [6.45, 7) is 0. The van der Waals surface area contributed by atoms with Crippen LogP contribution in [0.25, 0.3) is 22.1 Å². The summed E-state index contributed by atoms with van der Waals surface area (Å²) >= 11 is 0. The van der Waals surface area contributed by atoms with Crippen LogP contribution < -0.4 is 5.32 Å². The molecule has 1 aliphatic heterocycles. The maximum Gasteiger partial charge on any atom is 0.234 e. The molecule has 0 unspecified atom stereocenters. The number of piperidine rings is 1. The molecule has 2 aromatic heterocycles. The zero-order chi connectivity index (χ0) is 13.7. The lowest BCUT2D eigenvalue weighted by molar-refractivity contribution is -0.134. The van der Waals surface area contributed by atoms with Crippen molar-refractivity contribution in [2.45, 2.75) is 18.8 Å². The number of amides is 2. The van der Waals surface area contributed by atoms with E-state index in [4.69, 9.17) is 8.83 Å². The number of fused-ring (bicyclic) bond motifs is 2. The van der Waals surface area contributed by atoms with Crippen LogP contribution >= 0.6 is 0 Å². The average Bonchev–Trinajstić information content (AvgIpc) is 3.02. The second-order valence-corrected chi connectivity index (χ2v) is 4.86. The highest BCUT2D eigenvalue weighted by Gasteiger charge is 2.30. The monoisotopic (exact) mass is 270 g/mol. The lowest BCUT2D eigenvalue weighted by Crippen LogP contribution is -2.39. The van der Waals surface area contributed by atoms with E-state index in [1.54, 1.807) is 12.3 Å². The van der Waals surface area contributed by atoms with Gasteiger partial charge in [0.15, 0.2) is 12.0 Å². The molecule has 1 N–H and O–H groups in total. The number of nitrogens with zero attached hydrogens (tertiary/aromatic N) is 1. The van der Waals surface area contributed by atoms with Gasteiger partial charge >= 0.3 is 0 Å². The van der Waals surface area contributed by atoms with Crippen LogP contribution in [0.15, 0.2) is 33.6 Å². The van der Waals surface area contributed by atoms with Gasteiger partial charge in [-0.3, -0.25) is 14.9 Å². The number of oxazole rings is 1. The molecule has 20 heavy (non-hydrogen) atoms. The number of benzene rings is 1. The molecule has 0 spiro atoms. The first-order valence-electron chi connectivity index (χ1n) is 6.30. The molecule has 100 valence electrons. The number of imide groups is 1. The van der Waals surface area contributed by atoms with E-state index < -0.39 is 0 Å². The largest absolute Gasteiger partial charge is 0.464 e. The van der Waals surface area contributed by atoms with Gasteiger partial charge in [0.05, 0.1) is 12.2 Å². The number of hydrogen-bond donors (Lipinski definition) is 1. The Kier molecular flexibility index (Phi) is 2.20. The zero-order valence-electron chi connectivity index (χ0n) is 10.4. The standard InChI is InChI=1S/C14H10N2O4/c17-13-2-1-7(14(18)16-13)9-5-19-11-4-10-12(3-8(9)11)20-6-15-10/h3-7H,1-2H2,(H,16,17,18)/t7-/m1/s1. The first-order chi connectivity index (χ1) is 9.72. The van der Waals surface area contributed by atoms with Crippen molar-refractivity contribution in [2.75, 3.05) is 0 Å². The number of carbonyl (C=O) groups excluding carboxylic acids is 2. The van der Waals surface area contributed by atoms with Gasteiger partial charge in [-0.05, 0) is 12.5 Å². The highest BCUT2D eigenvalue weighted by atomic mass is 16.3.